The van der Waals surface area contributed by atoms with Crippen molar-refractivity contribution in [3.8, 4) is 0 Å². The number of nitrogens with zero attached hydrogens (tertiary/aromatic N) is 2. The highest BCUT2D eigenvalue weighted by Crippen LogP contribution is 2.18. The van der Waals surface area contributed by atoms with Gasteiger partial charge in [0.1, 0.15) is 0 Å². The van der Waals surface area contributed by atoms with E-state index in [9.17, 15) is 9.59 Å². The molecule has 2 amide bonds. The molecule has 0 atom stereocenters. The quantitative estimate of drug-likeness (QED) is 0.820. The highest BCUT2D eigenvalue weighted by molar-refractivity contribution is 6.02. The molecule has 6 nitrogen and oxygen atoms in total. The number of carbonyl (C=O) groups excluding carboxylic acids is 2. The highest BCUT2D eigenvalue weighted by Gasteiger charge is 2.23. The van der Waals surface area contributed by atoms with E-state index < -0.39 is 0 Å². The molecule has 0 aliphatic heterocycles. The molecule has 2 N–H and O–H groups in total. The predicted molar refractivity (Wildman–Crippen MR) is 96.8 cm³/mol. The second kappa shape index (κ2) is 8.14. The molecule has 1 aliphatic rings. The molecule has 1 fully saturated rings. The molecule has 2 aromatic rings. The lowest BCUT2D eigenvalue weighted by Crippen LogP contribution is -2.35. The summed E-state index contributed by atoms with van der Waals surface area (Å²) in [7, 11) is 0. The van der Waals surface area contributed by atoms with Crippen LogP contribution in [0.1, 0.15) is 73.0 Å². The van der Waals surface area contributed by atoms with Crippen LogP contribution in [0.5, 0.6) is 0 Å². The third-order valence-electron chi connectivity index (χ3n) is 4.69. The second-order valence-electron chi connectivity index (χ2n) is 6.66. The van der Waals surface area contributed by atoms with E-state index in [1.807, 2.05) is 25.1 Å². The Hall–Kier alpha value is -2.37. The van der Waals surface area contributed by atoms with Crippen LogP contribution in [0, 0.1) is 0 Å². The summed E-state index contributed by atoms with van der Waals surface area (Å²) in [5.41, 5.74) is 0.960. The summed E-state index contributed by atoms with van der Waals surface area (Å²) >= 11 is 0. The first-order chi connectivity index (χ1) is 12.2. The minimum absolute atomic E-state index is 0.198. The molecule has 2 aromatic heterocycles. The molecule has 0 saturated heterocycles. The Morgan fingerprint density at radius 2 is 1.92 bits per heavy atom. The Morgan fingerprint density at radius 3 is 2.64 bits per heavy atom. The number of imidazole rings is 1. The minimum atomic E-state index is -0.237. The molecule has 3 rings (SSSR count). The molecule has 25 heavy (non-hydrogen) atoms. The summed E-state index contributed by atoms with van der Waals surface area (Å²) < 4.78 is 1.70. The maximum Gasteiger partial charge on any atom is 0.287 e. The number of hydrogen-bond donors (Lipinski definition) is 2. The summed E-state index contributed by atoms with van der Waals surface area (Å²) in [6.45, 7) is 2.59. The van der Waals surface area contributed by atoms with E-state index >= 15 is 0 Å². The molecule has 0 spiro atoms. The van der Waals surface area contributed by atoms with Gasteiger partial charge in [0.05, 0.1) is 5.52 Å². The van der Waals surface area contributed by atoms with Crippen LogP contribution in [0.3, 0.4) is 0 Å². The van der Waals surface area contributed by atoms with Gasteiger partial charge in [0.25, 0.3) is 11.8 Å². The summed E-state index contributed by atoms with van der Waals surface area (Å²) in [5, 5.41) is 5.94. The van der Waals surface area contributed by atoms with Crippen LogP contribution in [0.25, 0.3) is 5.52 Å². The Kier molecular flexibility index (Phi) is 5.68. The Balaban J connectivity index is 1.85. The van der Waals surface area contributed by atoms with E-state index in [2.05, 4.69) is 15.6 Å². The average Bonchev–Trinajstić information content (AvgIpc) is 2.83. The van der Waals surface area contributed by atoms with Crippen molar-refractivity contribution in [1.29, 1.82) is 0 Å². The van der Waals surface area contributed by atoms with Crippen molar-refractivity contribution in [2.45, 2.75) is 57.9 Å². The van der Waals surface area contributed by atoms with Gasteiger partial charge in [-0.1, -0.05) is 38.7 Å². The minimum Gasteiger partial charge on any atom is -0.351 e. The van der Waals surface area contributed by atoms with Gasteiger partial charge >= 0.3 is 0 Å². The van der Waals surface area contributed by atoms with E-state index in [0.717, 1.165) is 32.1 Å². The van der Waals surface area contributed by atoms with E-state index in [1.165, 1.54) is 12.8 Å². The molecule has 134 valence electrons. The zero-order valence-corrected chi connectivity index (χ0v) is 14.8. The Labute approximate surface area is 148 Å². The fraction of sp³-hybridized carbons (Fsp3) is 0.526. The molecular formula is C19H26N4O2. The topological polar surface area (TPSA) is 75.5 Å². The molecule has 1 saturated carbocycles. The third kappa shape index (κ3) is 4.00. The lowest BCUT2D eigenvalue weighted by Gasteiger charge is -2.15. The fourth-order valence-corrected chi connectivity index (χ4v) is 3.36. The number of carbonyl (C=O) groups is 2. The van der Waals surface area contributed by atoms with Gasteiger partial charge < -0.3 is 10.6 Å². The first kappa shape index (κ1) is 17.5. The van der Waals surface area contributed by atoms with Crippen molar-refractivity contribution < 1.29 is 9.59 Å². The summed E-state index contributed by atoms with van der Waals surface area (Å²) in [6, 6.07) is 5.70. The molecule has 1 aliphatic carbocycles. The standard InChI is InChI=1S/C19H26N4O2/c1-2-12-20-18(24)16-15-11-7-8-13-23(15)17(22-16)19(25)21-14-9-5-3-4-6-10-14/h7-8,11,13-14H,2-6,9-10,12H2,1H3,(H,20,24)(H,21,25). The monoisotopic (exact) mass is 342 g/mol. The maximum absolute atomic E-state index is 12.8. The molecular weight excluding hydrogens is 316 g/mol. The molecule has 0 unspecified atom stereocenters. The summed E-state index contributed by atoms with van der Waals surface area (Å²) in [5.74, 6) is -0.164. The number of aromatic nitrogens is 2. The van der Waals surface area contributed by atoms with Crippen LogP contribution in [-0.2, 0) is 0 Å². The van der Waals surface area contributed by atoms with Gasteiger partial charge in [-0.15, -0.1) is 0 Å². The van der Waals surface area contributed by atoms with Gasteiger partial charge in [0, 0.05) is 18.8 Å². The molecule has 0 bridgehead atoms. The van der Waals surface area contributed by atoms with Crippen LogP contribution in [0.2, 0.25) is 0 Å². The normalized spacial score (nSPS) is 15.7. The lowest BCUT2D eigenvalue weighted by molar-refractivity contribution is 0.0922. The van der Waals surface area contributed by atoms with E-state index in [1.54, 1.807) is 10.6 Å². The number of rotatable bonds is 5. The van der Waals surface area contributed by atoms with Crippen molar-refractivity contribution in [3.63, 3.8) is 0 Å². The SMILES string of the molecule is CCCNC(=O)c1nc(C(=O)NC2CCCCCC2)n2ccccc12. The van der Waals surface area contributed by atoms with Gasteiger partial charge in [-0.25, -0.2) is 4.98 Å². The molecule has 6 heteroatoms. The maximum atomic E-state index is 12.8. The molecule has 0 radical (unpaired) electrons. The van der Waals surface area contributed by atoms with E-state index in [0.29, 0.717) is 17.8 Å². The second-order valence-corrected chi connectivity index (χ2v) is 6.66. The first-order valence-electron chi connectivity index (χ1n) is 9.27. The van der Waals surface area contributed by atoms with Crippen LogP contribution in [0.15, 0.2) is 24.4 Å². The van der Waals surface area contributed by atoms with E-state index in [4.69, 9.17) is 0 Å². The average molecular weight is 342 g/mol. The lowest BCUT2D eigenvalue weighted by atomic mass is 10.1. The number of fused-ring (bicyclic) bond motifs is 1. The number of pyridine rings is 1. The van der Waals surface area contributed by atoms with Crippen molar-refractivity contribution >= 4 is 17.3 Å². The van der Waals surface area contributed by atoms with Crippen LogP contribution in [0.4, 0.5) is 0 Å². The zero-order valence-electron chi connectivity index (χ0n) is 14.8. The predicted octanol–water partition coefficient (Wildman–Crippen LogP) is 2.93. The first-order valence-corrected chi connectivity index (χ1v) is 9.27. The van der Waals surface area contributed by atoms with Crippen molar-refractivity contribution in [3.05, 3.63) is 35.9 Å². The third-order valence-corrected chi connectivity index (χ3v) is 4.69. The fourth-order valence-electron chi connectivity index (χ4n) is 3.36. The van der Waals surface area contributed by atoms with Crippen molar-refractivity contribution in [1.82, 2.24) is 20.0 Å². The van der Waals surface area contributed by atoms with Gasteiger partial charge in [-0.2, -0.15) is 0 Å². The van der Waals surface area contributed by atoms with Gasteiger partial charge in [-0.05, 0) is 31.4 Å². The molecule has 0 aromatic carbocycles. The van der Waals surface area contributed by atoms with Crippen molar-refractivity contribution in [2.75, 3.05) is 6.54 Å². The summed E-state index contributed by atoms with van der Waals surface area (Å²) in [4.78, 5) is 29.5. The van der Waals surface area contributed by atoms with Crippen LogP contribution in [-0.4, -0.2) is 33.8 Å². The summed E-state index contributed by atoms with van der Waals surface area (Å²) in [6.07, 6.45) is 9.43. The molecule has 2 heterocycles. The number of amides is 2. The Morgan fingerprint density at radius 1 is 1.16 bits per heavy atom. The van der Waals surface area contributed by atoms with Crippen LogP contribution >= 0.6 is 0 Å². The van der Waals surface area contributed by atoms with E-state index in [-0.39, 0.29) is 23.7 Å². The highest BCUT2D eigenvalue weighted by atomic mass is 16.2. The van der Waals surface area contributed by atoms with Crippen LogP contribution < -0.4 is 10.6 Å². The van der Waals surface area contributed by atoms with Gasteiger partial charge in [0.2, 0.25) is 5.82 Å². The zero-order chi connectivity index (χ0) is 17.6. The number of hydrogen-bond acceptors (Lipinski definition) is 3. The Bertz CT molecular complexity index is 745. The van der Waals surface area contributed by atoms with Gasteiger partial charge in [0.15, 0.2) is 5.69 Å². The number of nitrogens with one attached hydrogen (secondary N) is 2. The van der Waals surface area contributed by atoms with Crippen molar-refractivity contribution in [2.24, 2.45) is 0 Å². The van der Waals surface area contributed by atoms with Gasteiger partial charge in [-0.3, -0.25) is 14.0 Å². The smallest absolute Gasteiger partial charge is 0.287 e. The largest absolute Gasteiger partial charge is 0.351 e.